The van der Waals surface area contributed by atoms with Gasteiger partial charge in [0.2, 0.25) is 0 Å². The number of aromatic nitrogens is 2. The van der Waals surface area contributed by atoms with Crippen molar-refractivity contribution in [1.29, 1.82) is 0 Å². The van der Waals surface area contributed by atoms with Crippen LogP contribution in [0.4, 0.5) is 0 Å². The van der Waals surface area contributed by atoms with Crippen LogP contribution in [0.15, 0.2) is 146 Å². The molecule has 10 rings (SSSR count). The van der Waals surface area contributed by atoms with Crippen LogP contribution in [0.3, 0.4) is 0 Å². The molecule has 2 heteroatoms. The molecule has 0 N–H and O–H groups in total. The van der Waals surface area contributed by atoms with Gasteiger partial charge in [-0.05, 0) is 79.5 Å². The molecule has 0 amide bonds. The van der Waals surface area contributed by atoms with Crippen molar-refractivity contribution < 1.29 is 0 Å². The Hall–Kier alpha value is -5.99. The molecule has 2 aromatic heterocycles. The maximum Gasteiger partial charge on any atom is 0.146 e. The molecule has 0 atom stereocenters. The van der Waals surface area contributed by atoms with E-state index in [0.29, 0.717) is 0 Å². The van der Waals surface area contributed by atoms with Gasteiger partial charge in [-0.15, -0.1) is 0 Å². The zero-order chi connectivity index (χ0) is 30.4. The smallest absolute Gasteiger partial charge is 0.146 e. The molecule has 8 aromatic carbocycles. The van der Waals surface area contributed by atoms with E-state index in [1.165, 1.54) is 81.6 Å². The van der Waals surface area contributed by atoms with Crippen LogP contribution in [-0.2, 0) is 0 Å². The second-order valence-electron chi connectivity index (χ2n) is 12.3. The molecule has 0 aliphatic rings. The molecule has 0 radical (unpaired) electrons. The van der Waals surface area contributed by atoms with Gasteiger partial charge in [0.25, 0.3) is 0 Å². The van der Waals surface area contributed by atoms with Gasteiger partial charge in [0, 0.05) is 21.5 Å². The summed E-state index contributed by atoms with van der Waals surface area (Å²) in [7, 11) is 0. The van der Waals surface area contributed by atoms with Crippen LogP contribution < -0.4 is 0 Å². The minimum atomic E-state index is 1.00. The fourth-order valence-corrected chi connectivity index (χ4v) is 7.79. The van der Waals surface area contributed by atoms with Gasteiger partial charge in [-0.2, -0.15) is 0 Å². The molecule has 214 valence electrons. The molecule has 0 spiro atoms. The standard InChI is InChI=1S/C44H28N2/c1-2-10-28-11-9-12-29-21-19-27-20-22-30(25-38(27)41(28)29)31-23-24-40-39(26-31)34-15-5-8-18-37(34)44-45-42-35-16-6-3-13-32(35)33-14-4-7-17-36(33)43(42)46(40)44/h2-26H,1H3/b10-2-. The van der Waals surface area contributed by atoms with E-state index in [0.717, 1.165) is 16.6 Å². The number of rotatable bonds is 2. The second-order valence-corrected chi connectivity index (χ2v) is 12.3. The molecule has 46 heavy (non-hydrogen) atoms. The Labute approximate surface area is 265 Å². The average molecular weight is 585 g/mol. The summed E-state index contributed by atoms with van der Waals surface area (Å²) < 4.78 is 2.41. The van der Waals surface area contributed by atoms with E-state index in [9.17, 15) is 0 Å². The highest BCUT2D eigenvalue weighted by Gasteiger charge is 2.19. The number of hydrogen-bond donors (Lipinski definition) is 0. The molecule has 10 aromatic rings. The van der Waals surface area contributed by atoms with Crippen molar-refractivity contribution in [2.24, 2.45) is 0 Å². The largest absolute Gasteiger partial charge is 0.291 e. The third-order valence-electron chi connectivity index (χ3n) is 9.80. The predicted octanol–water partition coefficient (Wildman–Crippen LogP) is 12.1. The summed E-state index contributed by atoms with van der Waals surface area (Å²) in [4.78, 5) is 5.40. The monoisotopic (exact) mass is 584 g/mol. The summed E-state index contributed by atoms with van der Waals surface area (Å²) in [5.41, 5.74) is 8.06. The van der Waals surface area contributed by atoms with Gasteiger partial charge in [0.1, 0.15) is 5.65 Å². The minimum Gasteiger partial charge on any atom is -0.291 e. The van der Waals surface area contributed by atoms with Crippen molar-refractivity contribution >= 4 is 87.5 Å². The Morgan fingerprint density at radius 1 is 0.500 bits per heavy atom. The third kappa shape index (κ3) is 3.44. The van der Waals surface area contributed by atoms with Crippen LogP contribution in [0.1, 0.15) is 12.5 Å². The minimum absolute atomic E-state index is 1.00. The Balaban J connectivity index is 1.32. The SMILES string of the molecule is C/C=C\c1cccc2ccc3ccc(-c4ccc5c(c4)c4ccccc4c4nc6c7ccccc7c7ccccc7c6n54)cc3c12. The zero-order valence-electron chi connectivity index (χ0n) is 25.3. The van der Waals surface area contributed by atoms with E-state index in [1.54, 1.807) is 0 Å². The normalized spacial score (nSPS) is 12.4. The van der Waals surface area contributed by atoms with Crippen molar-refractivity contribution in [3.8, 4) is 11.1 Å². The Kier molecular flexibility index (Phi) is 5.24. The van der Waals surface area contributed by atoms with Crippen LogP contribution in [0, 0.1) is 0 Å². The van der Waals surface area contributed by atoms with Gasteiger partial charge in [-0.1, -0.05) is 133 Å². The van der Waals surface area contributed by atoms with Crippen molar-refractivity contribution in [1.82, 2.24) is 9.38 Å². The molecule has 0 fully saturated rings. The van der Waals surface area contributed by atoms with E-state index in [2.05, 4.69) is 163 Å². The number of allylic oxidation sites excluding steroid dienone is 1. The Morgan fingerprint density at radius 2 is 1.11 bits per heavy atom. The fraction of sp³-hybridized carbons (Fsp3) is 0.0227. The number of pyridine rings is 1. The van der Waals surface area contributed by atoms with Gasteiger partial charge < -0.3 is 0 Å². The van der Waals surface area contributed by atoms with E-state index in [1.807, 2.05) is 0 Å². The molecule has 0 saturated heterocycles. The van der Waals surface area contributed by atoms with Crippen molar-refractivity contribution in [2.45, 2.75) is 6.92 Å². The molecule has 0 aliphatic heterocycles. The Bertz CT molecular complexity index is 2920. The Morgan fingerprint density at radius 3 is 1.89 bits per heavy atom. The van der Waals surface area contributed by atoms with E-state index in [-0.39, 0.29) is 0 Å². The lowest BCUT2D eigenvalue weighted by Gasteiger charge is -2.13. The number of fused-ring (bicyclic) bond motifs is 16. The number of nitrogens with zero attached hydrogens (tertiary/aromatic N) is 2. The van der Waals surface area contributed by atoms with E-state index in [4.69, 9.17) is 4.98 Å². The topological polar surface area (TPSA) is 17.3 Å². The second kappa shape index (κ2) is 9.50. The molecular formula is C44H28N2. The first kappa shape index (κ1) is 25.3. The van der Waals surface area contributed by atoms with Crippen LogP contribution in [-0.4, -0.2) is 9.38 Å². The van der Waals surface area contributed by atoms with Gasteiger partial charge in [0.05, 0.1) is 16.6 Å². The fourth-order valence-electron chi connectivity index (χ4n) is 7.79. The quantitative estimate of drug-likeness (QED) is 0.185. The maximum atomic E-state index is 5.40. The molecule has 0 unspecified atom stereocenters. The summed E-state index contributed by atoms with van der Waals surface area (Å²) in [6.07, 6.45) is 4.34. The molecule has 0 bridgehead atoms. The lowest BCUT2D eigenvalue weighted by molar-refractivity contribution is 1.32. The molecule has 0 aliphatic carbocycles. The third-order valence-corrected chi connectivity index (χ3v) is 9.80. The number of hydrogen-bond acceptors (Lipinski definition) is 1. The van der Waals surface area contributed by atoms with Gasteiger partial charge in [-0.25, -0.2) is 4.98 Å². The predicted molar refractivity (Wildman–Crippen MR) is 198 cm³/mol. The first-order valence-corrected chi connectivity index (χ1v) is 15.9. The average Bonchev–Trinajstić information content (AvgIpc) is 3.53. The van der Waals surface area contributed by atoms with Crippen LogP contribution in [0.25, 0.3) is 98.6 Å². The van der Waals surface area contributed by atoms with Crippen LogP contribution >= 0.6 is 0 Å². The summed E-state index contributed by atoms with van der Waals surface area (Å²) in [5.74, 6) is 0. The van der Waals surface area contributed by atoms with Gasteiger partial charge in [-0.3, -0.25) is 4.40 Å². The van der Waals surface area contributed by atoms with E-state index >= 15 is 0 Å². The molecule has 2 nitrogen and oxygen atoms in total. The van der Waals surface area contributed by atoms with Crippen molar-refractivity contribution in [2.75, 3.05) is 0 Å². The highest BCUT2D eigenvalue weighted by molar-refractivity contribution is 6.26. The zero-order valence-corrected chi connectivity index (χ0v) is 25.3. The first-order valence-electron chi connectivity index (χ1n) is 15.9. The molecule has 0 saturated carbocycles. The van der Waals surface area contributed by atoms with Crippen molar-refractivity contribution in [3.63, 3.8) is 0 Å². The first-order chi connectivity index (χ1) is 22.8. The van der Waals surface area contributed by atoms with Gasteiger partial charge >= 0.3 is 0 Å². The lowest BCUT2D eigenvalue weighted by atomic mass is 9.93. The molecule has 2 heterocycles. The van der Waals surface area contributed by atoms with Gasteiger partial charge in [0.15, 0.2) is 0 Å². The highest BCUT2D eigenvalue weighted by Crippen LogP contribution is 2.41. The van der Waals surface area contributed by atoms with Crippen LogP contribution in [0.2, 0.25) is 0 Å². The summed E-state index contributed by atoms with van der Waals surface area (Å²) in [6, 6.07) is 51.1. The van der Waals surface area contributed by atoms with Crippen LogP contribution in [0.5, 0.6) is 0 Å². The number of benzene rings is 8. The summed E-state index contributed by atoms with van der Waals surface area (Å²) in [5, 5.41) is 13.6. The maximum absolute atomic E-state index is 5.40. The summed E-state index contributed by atoms with van der Waals surface area (Å²) >= 11 is 0. The summed E-state index contributed by atoms with van der Waals surface area (Å²) in [6.45, 7) is 2.08. The number of imidazole rings is 1. The molecular weight excluding hydrogens is 556 g/mol. The highest BCUT2D eigenvalue weighted by atomic mass is 15.0. The van der Waals surface area contributed by atoms with Crippen molar-refractivity contribution in [3.05, 3.63) is 151 Å². The lowest BCUT2D eigenvalue weighted by Crippen LogP contribution is -1.93. The van der Waals surface area contributed by atoms with E-state index < -0.39 is 0 Å².